The molecule has 0 amide bonds. The summed E-state index contributed by atoms with van der Waals surface area (Å²) in [4.78, 5) is 0. The molecule has 1 atom stereocenters. The maximum absolute atomic E-state index is 9.10. The van der Waals surface area contributed by atoms with Crippen molar-refractivity contribution in [2.45, 2.75) is 12.8 Å². The first-order valence-corrected chi connectivity index (χ1v) is 5.06. The Bertz CT molecular complexity index is 284. The van der Waals surface area contributed by atoms with Crippen molar-refractivity contribution in [3.05, 3.63) is 33.8 Å². The van der Waals surface area contributed by atoms with Crippen molar-refractivity contribution < 1.29 is 5.11 Å². The standard InChI is InChI=1S/C10H14BrNO/c1-7-9(8(5-12)6-13)3-2-4-10(7)11/h2-4,8,13H,5-6,12H2,1H3. The molecule has 13 heavy (non-hydrogen) atoms. The number of rotatable bonds is 3. The molecule has 0 saturated heterocycles. The molecule has 0 aliphatic carbocycles. The second-order valence-corrected chi connectivity index (χ2v) is 3.92. The van der Waals surface area contributed by atoms with Gasteiger partial charge < -0.3 is 10.8 Å². The number of aliphatic hydroxyl groups excluding tert-OH is 1. The zero-order valence-electron chi connectivity index (χ0n) is 7.63. The molecular formula is C10H14BrNO. The first-order chi connectivity index (χ1) is 6.20. The van der Waals surface area contributed by atoms with Crippen LogP contribution in [0.4, 0.5) is 0 Å². The Hall–Kier alpha value is -0.380. The highest BCUT2D eigenvalue weighted by Gasteiger charge is 2.11. The van der Waals surface area contributed by atoms with Gasteiger partial charge in [-0.25, -0.2) is 0 Å². The lowest BCUT2D eigenvalue weighted by molar-refractivity contribution is 0.267. The normalized spacial score (nSPS) is 12.9. The molecule has 1 aromatic carbocycles. The highest BCUT2D eigenvalue weighted by molar-refractivity contribution is 9.10. The average Bonchev–Trinajstić information content (AvgIpc) is 2.14. The van der Waals surface area contributed by atoms with Gasteiger partial charge in [-0.2, -0.15) is 0 Å². The van der Waals surface area contributed by atoms with Gasteiger partial charge in [-0.1, -0.05) is 28.1 Å². The summed E-state index contributed by atoms with van der Waals surface area (Å²) >= 11 is 3.45. The van der Waals surface area contributed by atoms with Crippen LogP contribution in [0.25, 0.3) is 0 Å². The highest BCUT2D eigenvalue weighted by atomic mass is 79.9. The van der Waals surface area contributed by atoms with Crippen LogP contribution in [-0.4, -0.2) is 18.3 Å². The van der Waals surface area contributed by atoms with Crippen LogP contribution in [0.3, 0.4) is 0 Å². The predicted molar refractivity (Wildman–Crippen MR) is 57.8 cm³/mol. The van der Waals surface area contributed by atoms with Gasteiger partial charge in [0.1, 0.15) is 0 Å². The van der Waals surface area contributed by atoms with Gasteiger partial charge in [0.15, 0.2) is 0 Å². The van der Waals surface area contributed by atoms with Crippen molar-refractivity contribution >= 4 is 15.9 Å². The molecule has 0 heterocycles. The molecule has 72 valence electrons. The SMILES string of the molecule is Cc1c(Br)cccc1C(CN)CO. The zero-order valence-corrected chi connectivity index (χ0v) is 9.21. The minimum atomic E-state index is 0.0532. The molecule has 3 N–H and O–H groups in total. The molecule has 0 spiro atoms. The van der Waals surface area contributed by atoms with Crippen LogP contribution in [0.1, 0.15) is 17.0 Å². The third-order valence-electron chi connectivity index (χ3n) is 2.25. The number of benzene rings is 1. The second-order valence-electron chi connectivity index (χ2n) is 3.07. The maximum atomic E-state index is 9.10. The summed E-state index contributed by atoms with van der Waals surface area (Å²) in [5.74, 6) is 0.0532. The molecular weight excluding hydrogens is 230 g/mol. The minimum absolute atomic E-state index is 0.0532. The van der Waals surface area contributed by atoms with E-state index >= 15 is 0 Å². The van der Waals surface area contributed by atoms with Crippen molar-refractivity contribution in [3.63, 3.8) is 0 Å². The van der Waals surface area contributed by atoms with E-state index in [2.05, 4.69) is 15.9 Å². The van der Waals surface area contributed by atoms with Crippen LogP contribution in [0, 0.1) is 6.92 Å². The lowest BCUT2D eigenvalue weighted by atomic mass is 9.96. The van der Waals surface area contributed by atoms with Crippen molar-refractivity contribution in [1.29, 1.82) is 0 Å². The lowest BCUT2D eigenvalue weighted by Gasteiger charge is -2.15. The Morgan fingerprint density at radius 3 is 2.77 bits per heavy atom. The maximum Gasteiger partial charge on any atom is 0.0512 e. The molecule has 1 rings (SSSR count). The van der Waals surface area contributed by atoms with E-state index in [-0.39, 0.29) is 12.5 Å². The molecule has 0 aliphatic rings. The molecule has 1 unspecified atom stereocenters. The van der Waals surface area contributed by atoms with Crippen molar-refractivity contribution in [2.75, 3.05) is 13.2 Å². The van der Waals surface area contributed by atoms with Gasteiger partial charge in [-0.05, 0) is 24.1 Å². The first kappa shape index (κ1) is 10.7. The molecule has 1 aromatic rings. The quantitative estimate of drug-likeness (QED) is 0.851. The summed E-state index contributed by atoms with van der Waals surface area (Å²) in [6, 6.07) is 5.96. The predicted octanol–water partition coefficient (Wildman–Crippen LogP) is 1.79. The van der Waals surface area contributed by atoms with Crippen LogP contribution in [0.5, 0.6) is 0 Å². The minimum Gasteiger partial charge on any atom is -0.396 e. The summed E-state index contributed by atoms with van der Waals surface area (Å²) in [6.07, 6.45) is 0. The number of halogens is 1. The van der Waals surface area contributed by atoms with Gasteiger partial charge in [0.2, 0.25) is 0 Å². The topological polar surface area (TPSA) is 46.2 Å². The Morgan fingerprint density at radius 2 is 2.23 bits per heavy atom. The molecule has 0 radical (unpaired) electrons. The molecule has 0 fully saturated rings. The van der Waals surface area contributed by atoms with Gasteiger partial charge in [0, 0.05) is 16.9 Å². The monoisotopic (exact) mass is 243 g/mol. The highest BCUT2D eigenvalue weighted by Crippen LogP contribution is 2.24. The van der Waals surface area contributed by atoms with Crippen LogP contribution < -0.4 is 5.73 Å². The third-order valence-corrected chi connectivity index (χ3v) is 3.11. The van der Waals surface area contributed by atoms with Crippen LogP contribution in [-0.2, 0) is 0 Å². The van der Waals surface area contributed by atoms with Crippen LogP contribution in [0.15, 0.2) is 22.7 Å². The van der Waals surface area contributed by atoms with Gasteiger partial charge in [-0.15, -0.1) is 0 Å². The zero-order chi connectivity index (χ0) is 9.84. The number of hydrogen-bond acceptors (Lipinski definition) is 2. The van der Waals surface area contributed by atoms with Crippen LogP contribution >= 0.6 is 15.9 Å². The summed E-state index contributed by atoms with van der Waals surface area (Å²) in [7, 11) is 0. The van der Waals surface area contributed by atoms with Gasteiger partial charge in [0.25, 0.3) is 0 Å². The summed E-state index contributed by atoms with van der Waals surface area (Å²) in [5.41, 5.74) is 7.84. The van der Waals surface area contributed by atoms with E-state index in [4.69, 9.17) is 10.8 Å². The van der Waals surface area contributed by atoms with E-state index in [1.807, 2.05) is 25.1 Å². The van der Waals surface area contributed by atoms with E-state index in [0.29, 0.717) is 6.54 Å². The fraction of sp³-hybridized carbons (Fsp3) is 0.400. The van der Waals surface area contributed by atoms with Crippen molar-refractivity contribution in [3.8, 4) is 0 Å². The third kappa shape index (κ3) is 2.30. The van der Waals surface area contributed by atoms with E-state index in [0.717, 1.165) is 15.6 Å². The Morgan fingerprint density at radius 1 is 1.54 bits per heavy atom. The largest absolute Gasteiger partial charge is 0.396 e. The summed E-state index contributed by atoms with van der Waals surface area (Å²) < 4.78 is 1.07. The number of hydrogen-bond donors (Lipinski definition) is 2. The Labute approximate surface area is 86.9 Å². The number of aliphatic hydroxyl groups is 1. The van der Waals surface area contributed by atoms with E-state index in [1.54, 1.807) is 0 Å². The van der Waals surface area contributed by atoms with Gasteiger partial charge in [-0.3, -0.25) is 0 Å². The molecule has 0 saturated carbocycles. The Balaban J connectivity index is 3.05. The Kier molecular flexibility index (Phi) is 3.90. The molecule has 3 heteroatoms. The summed E-state index contributed by atoms with van der Waals surface area (Å²) in [6.45, 7) is 2.61. The average molecular weight is 244 g/mol. The van der Waals surface area contributed by atoms with Crippen LogP contribution in [0.2, 0.25) is 0 Å². The van der Waals surface area contributed by atoms with E-state index in [1.165, 1.54) is 0 Å². The van der Waals surface area contributed by atoms with Crippen molar-refractivity contribution in [2.24, 2.45) is 5.73 Å². The van der Waals surface area contributed by atoms with Gasteiger partial charge >= 0.3 is 0 Å². The molecule has 0 aromatic heterocycles. The molecule has 0 aliphatic heterocycles. The molecule has 0 bridgehead atoms. The fourth-order valence-corrected chi connectivity index (χ4v) is 1.75. The van der Waals surface area contributed by atoms with E-state index in [9.17, 15) is 0 Å². The summed E-state index contributed by atoms with van der Waals surface area (Å²) in [5, 5.41) is 9.10. The lowest BCUT2D eigenvalue weighted by Crippen LogP contribution is -2.17. The first-order valence-electron chi connectivity index (χ1n) is 4.26. The molecule has 2 nitrogen and oxygen atoms in total. The number of nitrogens with two attached hydrogens (primary N) is 1. The van der Waals surface area contributed by atoms with E-state index < -0.39 is 0 Å². The second kappa shape index (κ2) is 4.74. The van der Waals surface area contributed by atoms with Crippen molar-refractivity contribution in [1.82, 2.24) is 0 Å². The fourth-order valence-electron chi connectivity index (χ4n) is 1.37. The smallest absolute Gasteiger partial charge is 0.0512 e. The van der Waals surface area contributed by atoms with Gasteiger partial charge in [0.05, 0.1) is 6.61 Å².